The molecule has 2 aliphatic rings. The molecule has 1 saturated heterocycles. The maximum Gasteiger partial charge on any atom is 0.323 e. The Bertz CT molecular complexity index is 986. The molecule has 8 heteroatoms. The first-order chi connectivity index (χ1) is 14.9. The number of carbonyl (C=O) groups is 2. The Morgan fingerprint density at radius 2 is 1.55 bits per heavy atom. The van der Waals surface area contributed by atoms with Crippen LogP contribution in [0.5, 0.6) is 0 Å². The van der Waals surface area contributed by atoms with Crippen molar-refractivity contribution in [3.05, 3.63) is 52.0 Å². The van der Waals surface area contributed by atoms with Gasteiger partial charge in [0.05, 0.1) is 15.6 Å². The van der Waals surface area contributed by atoms with Gasteiger partial charge < -0.3 is 20.9 Å². The first-order valence-electron chi connectivity index (χ1n) is 10.6. The van der Waals surface area contributed by atoms with Crippen molar-refractivity contribution in [2.75, 3.05) is 28.6 Å². The summed E-state index contributed by atoms with van der Waals surface area (Å²) < 4.78 is 0. The van der Waals surface area contributed by atoms with Gasteiger partial charge in [-0.1, -0.05) is 30.1 Å². The van der Waals surface area contributed by atoms with E-state index in [2.05, 4.69) is 27.8 Å². The molecule has 31 heavy (non-hydrogen) atoms. The highest BCUT2D eigenvalue weighted by Gasteiger charge is 2.27. The molecule has 164 valence electrons. The van der Waals surface area contributed by atoms with E-state index in [9.17, 15) is 9.59 Å². The zero-order valence-corrected chi connectivity index (χ0v) is 18.9. The number of halogens is 2. The number of anilines is 3. The number of carbonyl (C=O) groups excluding carboxylic acids is 2. The number of urea groups is 1. The van der Waals surface area contributed by atoms with Gasteiger partial charge in [0.2, 0.25) is 0 Å². The number of nitrogens with one attached hydrogen (secondary N) is 3. The normalized spacial score (nSPS) is 16.7. The molecule has 3 N–H and O–H groups in total. The summed E-state index contributed by atoms with van der Waals surface area (Å²) in [5.41, 5.74) is 2.58. The molecular weight excluding hydrogens is 435 g/mol. The summed E-state index contributed by atoms with van der Waals surface area (Å²) in [7, 11) is 0. The number of hydrogen-bond acceptors (Lipinski definition) is 3. The fourth-order valence-electron chi connectivity index (χ4n) is 3.68. The fraction of sp³-hybridized carbons (Fsp3) is 0.391. The van der Waals surface area contributed by atoms with Gasteiger partial charge in [0.1, 0.15) is 0 Å². The molecule has 6 nitrogen and oxygen atoms in total. The number of rotatable bonds is 5. The minimum atomic E-state index is -0.425. The standard InChI is InChI=1S/C23H26Cl2N4O2/c1-14-8-10-29(11-9-14)21-7-5-16(12-18(21)22(30)26-15-2-3-15)27-23(31)28-17-4-6-19(24)20(25)13-17/h4-7,12-15H,2-3,8-11H2,1H3,(H,26,30)(H2,27,28,31). The summed E-state index contributed by atoms with van der Waals surface area (Å²) in [6.07, 6.45) is 4.25. The zero-order valence-electron chi connectivity index (χ0n) is 17.4. The van der Waals surface area contributed by atoms with Crippen LogP contribution in [0, 0.1) is 5.92 Å². The second kappa shape index (κ2) is 9.37. The maximum atomic E-state index is 12.9. The smallest absolute Gasteiger partial charge is 0.323 e. The Morgan fingerprint density at radius 3 is 2.19 bits per heavy atom. The average Bonchev–Trinajstić information content (AvgIpc) is 3.55. The lowest BCUT2D eigenvalue weighted by Crippen LogP contribution is -2.35. The molecule has 2 aromatic carbocycles. The van der Waals surface area contributed by atoms with Crippen LogP contribution in [0.1, 0.15) is 43.0 Å². The van der Waals surface area contributed by atoms with Crippen molar-refractivity contribution in [2.24, 2.45) is 5.92 Å². The largest absolute Gasteiger partial charge is 0.371 e. The maximum absolute atomic E-state index is 12.9. The van der Waals surface area contributed by atoms with Crippen LogP contribution in [0.2, 0.25) is 10.0 Å². The number of benzene rings is 2. The Morgan fingerprint density at radius 1 is 0.903 bits per heavy atom. The van der Waals surface area contributed by atoms with E-state index in [0.717, 1.165) is 44.5 Å². The van der Waals surface area contributed by atoms with E-state index in [-0.39, 0.29) is 11.9 Å². The predicted molar refractivity (Wildman–Crippen MR) is 127 cm³/mol. The van der Waals surface area contributed by atoms with Crippen molar-refractivity contribution >= 4 is 52.2 Å². The van der Waals surface area contributed by atoms with Crippen LogP contribution in [-0.2, 0) is 0 Å². The number of piperidine rings is 1. The van der Waals surface area contributed by atoms with Crippen LogP contribution >= 0.6 is 23.2 Å². The van der Waals surface area contributed by atoms with Gasteiger partial charge in [-0.3, -0.25) is 4.79 Å². The van der Waals surface area contributed by atoms with Gasteiger partial charge in [-0.15, -0.1) is 0 Å². The molecule has 0 bridgehead atoms. The predicted octanol–water partition coefficient (Wildman–Crippen LogP) is 5.77. The van der Waals surface area contributed by atoms with E-state index in [0.29, 0.717) is 32.9 Å². The first-order valence-corrected chi connectivity index (χ1v) is 11.4. The molecule has 0 unspecified atom stereocenters. The summed E-state index contributed by atoms with van der Waals surface area (Å²) >= 11 is 11.9. The van der Waals surface area contributed by atoms with E-state index in [1.54, 1.807) is 24.3 Å². The minimum absolute atomic E-state index is 0.0929. The van der Waals surface area contributed by atoms with Crippen molar-refractivity contribution in [1.82, 2.24) is 5.32 Å². The molecule has 0 spiro atoms. The molecule has 0 radical (unpaired) electrons. The van der Waals surface area contributed by atoms with Crippen molar-refractivity contribution in [1.29, 1.82) is 0 Å². The van der Waals surface area contributed by atoms with Gasteiger partial charge in [-0.25, -0.2) is 4.79 Å². The lowest BCUT2D eigenvalue weighted by molar-refractivity contribution is 0.0951. The van der Waals surface area contributed by atoms with E-state index < -0.39 is 6.03 Å². The molecule has 1 saturated carbocycles. The Hall–Kier alpha value is -2.44. The van der Waals surface area contributed by atoms with Crippen LogP contribution in [-0.4, -0.2) is 31.1 Å². The fourth-order valence-corrected chi connectivity index (χ4v) is 3.98. The van der Waals surface area contributed by atoms with Gasteiger partial charge in [0.25, 0.3) is 5.91 Å². The lowest BCUT2D eigenvalue weighted by Gasteiger charge is -2.33. The van der Waals surface area contributed by atoms with Crippen LogP contribution in [0.15, 0.2) is 36.4 Å². The van der Waals surface area contributed by atoms with Crippen LogP contribution in [0.3, 0.4) is 0 Å². The monoisotopic (exact) mass is 460 g/mol. The van der Waals surface area contributed by atoms with Crippen molar-refractivity contribution in [3.8, 4) is 0 Å². The Labute approximate surface area is 192 Å². The third-order valence-electron chi connectivity index (χ3n) is 5.71. The summed E-state index contributed by atoms with van der Waals surface area (Å²) in [4.78, 5) is 27.7. The molecule has 0 aromatic heterocycles. The number of hydrogen-bond donors (Lipinski definition) is 3. The molecule has 4 rings (SSSR count). The first kappa shape index (κ1) is 21.8. The number of nitrogens with zero attached hydrogens (tertiary/aromatic N) is 1. The van der Waals surface area contributed by atoms with Crippen LogP contribution < -0.4 is 20.9 Å². The quantitative estimate of drug-likeness (QED) is 0.530. The van der Waals surface area contributed by atoms with Crippen molar-refractivity contribution in [3.63, 3.8) is 0 Å². The van der Waals surface area contributed by atoms with E-state index in [1.807, 2.05) is 12.1 Å². The second-order valence-electron chi connectivity index (χ2n) is 8.36. The van der Waals surface area contributed by atoms with Gasteiger partial charge in [-0.2, -0.15) is 0 Å². The van der Waals surface area contributed by atoms with Crippen LogP contribution in [0.25, 0.3) is 0 Å². The van der Waals surface area contributed by atoms with Crippen molar-refractivity contribution < 1.29 is 9.59 Å². The molecule has 2 aromatic rings. The molecule has 0 atom stereocenters. The Kier molecular flexibility index (Phi) is 6.58. The second-order valence-corrected chi connectivity index (χ2v) is 9.17. The average molecular weight is 461 g/mol. The third-order valence-corrected chi connectivity index (χ3v) is 6.45. The Balaban J connectivity index is 1.51. The number of amides is 3. The van der Waals surface area contributed by atoms with Gasteiger partial charge in [0, 0.05) is 36.2 Å². The van der Waals surface area contributed by atoms with Crippen molar-refractivity contribution in [2.45, 2.75) is 38.6 Å². The van der Waals surface area contributed by atoms with E-state index in [1.165, 1.54) is 0 Å². The zero-order chi connectivity index (χ0) is 22.0. The highest BCUT2D eigenvalue weighted by molar-refractivity contribution is 6.42. The molecule has 1 aliphatic carbocycles. The molecule has 3 amide bonds. The topological polar surface area (TPSA) is 73.5 Å². The lowest BCUT2D eigenvalue weighted by atomic mass is 9.98. The molecule has 2 fully saturated rings. The van der Waals surface area contributed by atoms with Gasteiger partial charge in [-0.05, 0) is 68.0 Å². The van der Waals surface area contributed by atoms with Gasteiger partial charge in [0.15, 0.2) is 0 Å². The van der Waals surface area contributed by atoms with Gasteiger partial charge >= 0.3 is 6.03 Å². The minimum Gasteiger partial charge on any atom is -0.371 e. The van der Waals surface area contributed by atoms with E-state index >= 15 is 0 Å². The summed E-state index contributed by atoms with van der Waals surface area (Å²) in [5, 5.41) is 9.38. The molecular formula is C23H26Cl2N4O2. The third kappa shape index (κ3) is 5.63. The SMILES string of the molecule is CC1CCN(c2ccc(NC(=O)Nc3ccc(Cl)c(Cl)c3)cc2C(=O)NC2CC2)CC1. The summed E-state index contributed by atoms with van der Waals surface area (Å²) in [5.74, 6) is 0.607. The van der Waals surface area contributed by atoms with Crippen LogP contribution in [0.4, 0.5) is 21.9 Å². The molecule has 1 heterocycles. The van der Waals surface area contributed by atoms with E-state index in [4.69, 9.17) is 23.2 Å². The highest BCUT2D eigenvalue weighted by atomic mass is 35.5. The summed E-state index contributed by atoms with van der Waals surface area (Å²) in [6, 6.07) is 10.2. The highest BCUT2D eigenvalue weighted by Crippen LogP contribution is 2.30. The summed E-state index contributed by atoms with van der Waals surface area (Å²) in [6.45, 7) is 4.11. The molecule has 1 aliphatic heterocycles.